The summed E-state index contributed by atoms with van der Waals surface area (Å²) in [6.45, 7) is 7.96. The Morgan fingerprint density at radius 1 is 1.45 bits per heavy atom. The number of nitrogens with one attached hydrogen (secondary N) is 1. The number of carbonyl (C=O) groups is 1. The maximum atomic E-state index is 12.4. The lowest BCUT2D eigenvalue weighted by Crippen LogP contribution is -2.73. The number of terminal acetylenes is 1. The van der Waals surface area contributed by atoms with E-state index < -0.39 is 5.60 Å². The van der Waals surface area contributed by atoms with Crippen LogP contribution in [0.4, 0.5) is 4.79 Å². The molecule has 116 valence electrons. The van der Waals surface area contributed by atoms with Crippen LogP contribution in [0.5, 0.6) is 0 Å². The highest BCUT2D eigenvalue weighted by atomic mass is 16.6. The number of carbonyl (C=O) groups excluding carboxylic acids is 1. The van der Waals surface area contributed by atoms with Crippen molar-refractivity contribution in [3.63, 3.8) is 0 Å². The van der Waals surface area contributed by atoms with E-state index in [2.05, 4.69) is 21.2 Å². The normalized spacial score (nSPS) is 22.5. The Morgan fingerprint density at radius 2 is 2.09 bits per heavy atom. The second-order valence-electron chi connectivity index (χ2n) is 6.95. The Bertz CT molecular complexity index is 623. The molecule has 1 aromatic rings. The maximum absolute atomic E-state index is 12.4. The summed E-state index contributed by atoms with van der Waals surface area (Å²) in [6, 6.07) is -0.157. The van der Waals surface area contributed by atoms with Gasteiger partial charge in [0.2, 0.25) is 0 Å². The smallest absolute Gasteiger partial charge is 0.410 e. The average Bonchev–Trinajstić information content (AvgIpc) is 2.34. The number of aromatic nitrogens is 2. The third-order valence-electron chi connectivity index (χ3n) is 4.04. The lowest BCUT2D eigenvalue weighted by molar-refractivity contribution is -0.111. The van der Waals surface area contributed by atoms with E-state index >= 15 is 0 Å². The van der Waals surface area contributed by atoms with Crippen LogP contribution in [0, 0.1) is 17.8 Å². The molecule has 6 nitrogen and oxygen atoms in total. The van der Waals surface area contributed by atoms with Gasteiger partial charge in [-0.3, -0.25) is 4.90 Å². The second-order valence-corrected chi connectivity index (χ2v) is 6.95. The zero-order valence-electron chi connectivity index (χ0n) is 13.1. The van der Waals surface area contributed by atoms with Crippen molar-refractivity contribution in [3.8, 4) is 12.3 Å². The molecule has 0 saturated carbocycles. The molecule has 6 heteroatoms. The SMILES string of the molecule is C#Cc1cnc(C2N(C(=O)OC(C)(C)C)CC23CNC3)nc1. The van der Waals surface area contributed by atoms with E-state index in [1.807, 2.05) is 20.8 Å². The largest absolute Gasteiger partial charge is 0.444 e. The van der Waals surface area contributed by atoms with Crippen LogP contribution in [-0.2, 0) is 4.74 Å². The third kappa shape index (κ3) is 2.42. The quantitative estimate of drug-likeness (QED) is 0.793. The van der Waals surface area contributed by atoms with Crippen molar-refractivity contribution < 1.29 is 9.53 Å². The Balaban J connectivity index is 1.83. The molecule has 2 saturated heterocycles. The van der Waals surface area contributed by atoms with E-state index in [9.17, 15) is 4.79 Å². The molecule has 22 heavy (non-hydrogen) atoms. The molecule has 3 rings (SSSR count). The minimum atomic E-state index is -0.517. The molecule has 1 aromatic heterocycles. The summed E-state index contributed by atoms with van der Waals surface area (Å²) in [4.78, 5) is 22.8. The molecular weight excluding hydrogens is 280 g/mol. The highest BCUT2D eigenvalue weighted by molar-refractivity contribution is 5.70. The van der Waals surface area contributed by atoms with Crippen molar-refractivity contribution in [1.29, 1.82) is 0 Å². The molecule has 1 atom stereocenters. The molecule has 3 heterocycles. The number of amides is 1. The molecule has 1 N–H and O–H groups in total. The van der Waals surface area contributed by atoms with E-state index in [4.69, 9.17) is 11.2 Å². The van der Waals surface area contributed by atoms with Gasteiger partial charge in [0.05, 0.1) is 5.56 Å². The van der Waals surface area contributed by atoms with Crippen LogP contribution in [0.15, 0.2) is 12.4 Å². The van der Waals surface area contributed by atoms with Gasteiger partial charge >= 0.3 is 6.09 Å². The fourth-order valence-electron chi connectivity index (χ4n) is 2.94. The van der Waals surface area contributed by atoms with Crippen molar-refractivity contribution >= 4 is 6.09 Å². The highest BCUT2D eigenvalue weighted by Crippen LogP contribution is 2.50. The van der Waals surface area contributed by atoms with E-state index in [0.717, 1.165) is 13.1 Å². The van der Waals surface area contributed by atoms with Crippen LogP contribution in [0.2, 0.25) is 0 Å². The first-order chi connectivity index (χ1) is 10.3. The average molecular weight is 300 g/mol. The summed E-state index contributed by atoms with van der Waals surface area (Å²) in [5, 5.41) is 3.27. The standard InChI is InChI=1S/C16H20N4O2/c1-5-11-6-18-13(19-7-11)12-16(8-17-9-16)10-20(12)14(21)22-15(2,3)4/h1,6-7,12,17H,8-10H2,2-4H3. The molecule has 0 bridgehead atoms. The molecular formula is C16H20N4O2. The fourth-order valence-corrected chi connectivity index (χ4v) is 2.94. The first-order valence-corrected chi connectivity index (χ1v) is 7.34. The summed E-state index contributed by atoms with van der Waals surface area (Å²) in [7, 11) is 0. The molecule has 1 unspecified atom stereocenters. The molecule has 0 radical (unpaired) electrons. The zero-order valence-corrected chi connectivity index (χ0v) is 13.1. The van der Waals surface area contributed by atoms with Gasteiger partial charge in [0.15, 0.2) is 5.82 Å². The zero-order chi connectivity index (χ0) is 16.0. The maximum Gasteiger partial charge on any atom is 0.410 e. The van der Waals surface area contributed by atoms with E-state index in [1.54, 1.807) is 17.3 Å². The van der Waals surface area contributed by atoms with E-state index in [0.29, 0.717) is 17.9 Å². The molecule has 2 aliphatic rings. The van der Waals surface area contributed by atoms with Gasteiger partial charge in [0, 0.05) is 37.4 Å². The number of hydrogen-bond donors (Lipinski definition) is 1. The first kappa shape index (κ1) is 14.8. The van der Waals surface area contributed by atoms with Crippen LogP contribution in [0.1, 0.15) is 38.2 Å². The predicted molar refractivity (Wildman–Crippen MR) is 81.0 cm³/mol. The fraction of sp³-hybridized carbons (Fsp3) is 0.562. The van der Waals surface area contributed by atoms with Crippen LogP contribution < -0.4 is 5.32 Å². The Hall–Kier alpha value is -2.13. The van der Waals surface area contributed by atoms with Gasteiger partial charge < -0.3 is 10.1 Å². The predicted octanol–water partition coefficient (Wildman–Crippen LogP) is 1.34. The third-order valence-corrected chi connectivity index (χ3v) is 4.04. The summed E-state index contributed by atoms with van der Waals surface area (Å²) in [6.07, 6.45) is 8.25. The molecule has 1 spiro atoms. The van der Waals surface area contributed by atoms with Gasteiger partial charge in [-0.05, 0) is 20.8 Å². The number of hydrogen-bond acceptors (Lipinski definition) is 5. The summed E-state index contributed by atoms with van der Waals surface area (Å²) in [5.41, 5.74) is 0.137. The molecule has 2 fully saturated rings. The summed E-state index contributed by atoms with van der Waals surface area (Å²) in [5.74, 6) is 3.12. The molecule has 0 aromatic carbocycles. The van der Waals surface area contributed by atoms with Gasteiger partial charge in [-0.15, -0.1) is 6.42 Å². The van der Waals surface area contributed by atoms with Crippen molar-refractivity contribution in [2.45, 2.75) is 32.4 Å². The Morgan fingerprint density at radius 3 is 2.55 bits per heavy atom. The van der Waals surface area contributed by atoms with Crippen molar-refractivity contribution in [2.75, 3.05) is 19.6 Å². The molecule has 2 aliphatic heterocycles. The van der Waals surface area contributed by atoms with E-state index in [-0.39, 0.29) is 17.6 Å². The van der Waals surface area contributed by atoms with Crippen molar-refractivity contribution in [1.82, 2.24) is 20.2 Å². The van der Waals surface area contributed by atoms with Crippen LogP contribution >= 0.6 is 0 Å². The first-order valence-electron chi connectivity index (χ1n) is 7.34. The minimum Gasteiger partial charge on any atom is -0.444 e. The van der Waals surface area contributed by atoms with Gasteiger partial charge in [-0.25, -0.2) is 14.8 Å². The van der Waals surface area contributed by atoms with E-state index in [1.165, 1.54) is 0 Å². The van der Waals surface area contributed by atoms with Crippen molar-refractivity contribution in [2.24, 2.45) is 5.41 Å². The summed E-state index contributed by atoms with van der Waals surface area (Å²) < 4.78 is 5.48. The van der Waals surface area contributed by atoms with Gasteiger partial charge in [-0.2, -0.15) is 0 Å². The number of likely N-dealkylation sites (tertiary alicyclic amines) is 1. The van der Waals surface area contributed by atoms with Crippen LogP contribution in [0.25, 0.3) is 0 Å². The minimum absolute atomic E-state index is 0.0224. The second kappa shape index (κ2) is 4.96. The van der Waals surface area contributed by atoms with Crippen molar-refractivity contribution in [3.05, 3.63) is 23.8 Å². The lowest BCUT2D eigenvalue weighted by Gasteiger charge is -2.60. The summed E-state index contributed by atoms with van der Waals surface area (Å²) >= 11 is 0. The topological polar surface area (TPSA) is 67.4 Å². The lowest BCUT2D eigenvalue weighted by atomic mass is 9.66. The number of rotatable bonds is 1. The van der Waals surface area contributed by atoms with Crippen LogP contribution in [0.3, 0.4) is 0 Å². The molecule has 0 aliphatic carbocycles. The number of ether oxygens (including phenoxy) is 1. The Labute approximate surface area is 130 Å². The van der Waals surface area contributed by atoms with Crippen LogP contribution in [-0.4, -0.2) is 46.2 Å². The van der Waals surface area contributed by atoms with Gasteiger partial charge in [-0.1, -0.05) is 5.92 Å². The number of nitrogens with zero attached hydrogens (tertiary/aromatic N) is 3. The van der Waals surface area contributed by atoms with Gasteiger partial charge in [0.25, 0.3) is 0 Å². The monoisotopic (exact) mass is 300 g/mol. The van der Waals surface area contributed by atoms with Gasteiger partial charge in [0.1, 0.15) is 11.6 Å². The highest BCUT2D eigenvalue weighted by Gasteiger charge is 2.60. The molecule has 1 amide bonds. The Kier molecular flexibility index (Phi) is 3.33.